The fraction of sp³-hybridized carbons (Fsp3) is 0.333. The first kappa shape index (κ1) is 31.2. The van der Waals surface area contributed by atoms with Crippen LogP contribution in [-0.2, 0) is 26.2 Å². The van der Waals surface area contributed by atoms with Crippen molar-refractivity contribution in [3.8, 4) is 0 Å². The van der Waals surface area contributed by atoms with Crippen LogP contribution in [0.15, 0.2) is 71.6 Å². The molecule has 0 bridgehead atoms. The van der Waals surface area contributed by atoms with Gasteiger partial charge in [0.25, 0.3) is 10.0 Å². The topological polar surface area (TPSA) is 86.8 Å². The first-order valence-corrected chi connectivity index (χ1v) is 15.9. The lowest BCUT2D eigenvalue weighted by Crippen LogP contribution is -2.52. The fourth-order valence-electron chi connectivity index (χ4n) is 4.93. The molecule has 1 fully saturated rings. The molecule has 0 heterocycles. The van der Waals surface area contributed by atoms with Crippen LogP contribution in [0.3, 0.4) is 0 Å². The minimum Gasteiger partial charge on any atom is -0.352 e. The molecule has 0 spiro atoms. The summed E-state index contributed by atoms with van der Waals surface area (Å²) in [5.74, 6) is -0.932. The molecule has 0 radical (unpaired) electrons. The molecule has 1 saturated carbocycles. The predicted octanol–water partition coefficient (Wildman–Crippen LogP) is 6.63. The summed E-state index contributed by atoms with van der Waals surface area (Å²) < 4.78 is 28.9. The molecule has 11 heteroatoms. The van der Waals surface area contributed by atoms with Gasteiger partial charge in [-0.15, -0.1) is 0 Å². The molecule has 0 aliphatic heterocycles. The summed E-state index contributed by atoms with van der Waals surface area (Å²) in [6, 6.07) is 16.8. The highest BCUT2D eigenvalue weighted by Crippen LogP contribution is 2.32. The van der Waals surface area contributed by atoms with E-state index in [0.29, 0.717) is 26.2 Å². The zero-order chi connectivity index (χ0) is 29.7. The number of sulfonamides is 1. The van der Waals surface area contributed by atoms with Gasteiger partial charge >= 0.3 is 0 Å². The summed E-state index contributed by atoms with van der Waals surface area (Å²) in [5, 5.41) is 4.06. The number of rotatable bonds is 10. The van der Waals surface area contributed by atoms with E-state index in [4.69, 9.17) is 34.8 Å². The molecular weight excluding hydrogens is 605 g/mol. The molecule has 0 saturated heterocycles. The minimum atomic E-state index is -4.20. The van der Waals surface area contributed by atoms with Gasteiger partial charge in [0.05, 0.1) is 10.6 Å². The van der Waals surface area contributed by atoms with Crippen LogP contribution in [0.5, 0.6) is 0 Å². The SMILES string of the molecule is Cc1c(Cl)cccc1N(CC(=O)N(Cc1c(Cl)cccc1Cl)[C@@H](C)C(=O)NC1CCCC1)S(=O)(=O)c1ccccc1. The zero-order valence-electron chi connectivity index (χ0n) is 22.8. The van der Waals surface area contributed by atoms with Gasteiger partial charge in [-0.3, -0.25) is 13.9 Å². The Balaban J connectivity index is 1.74. The highest BCUT2D eigenvalue weighted by molar-refractivity contribution is 7.92. The van der Waals surface area contributed by atoms with Crippen molar-refractivity contribution in [1.82, 2.24) is 10.2 Å². The highest BCUT2D eigenvalue weighted by atomic mass is 35.5. The largest absolute Gasteiger partial charge is 0.352 e. The van der Waals surface area contributed by atoms with Gasteiger partial charge < -0.3 is 10.2 Å². The van der Waals surface area contributed by atoms with E-state index < -0.39 is 28.5 Å². The average molecular weight is 637 g/mol. The summed E-state index contributed by atoms with van der Waals surface area (Å²) in [4.78, 5) is 28.8. The number of amides is 2. The van der Waals surface area contributed by atoms with Gasteiger partial charge in [-0.1, -0.05) is 78.0 Å². The normalized spacial score (nSPS) is 14.5. The Hall–Kier alpha value is -2.78. The summed E-state index contributed by atoms with van der Waals surface area (Å²) in [6.45, 7) is 2.63. The van der Waals surface area contributed by atoms with E-state index >= 15 is 0 Å². The van der Waals surface area contributed by atoms with E-state index in [9.17, 15) is 18.0 Å². The molecule has 0 unspecified atom stereocenters. The molecule has 7 nitrogen and oxygen atoms in total. The Labute approximate surface area is 256 Å². The van der Waals surface area contributed by atoms with E-state index in [1.807, 2.05) is 0 Å². The molecular formula is C30H32Cl3N3O4S. The van der Waals surface area contributed by atoms with E-state index in [-0.39, 0.29) is 29.1 Å². The number of nitrogens with one attached hydrogen (secondary N) is 1. The third kappa shape index (κ3) is 7.17. The van der Waals surface area contributed by atoms with Gasteiger partial charge in [0.15, 0.2) is 0 Å². The van der Waals surface area contributed by atoms with Crippen molar-refractivity contribution in [2.75, 3.05) is 10.8 Å². The van der Waals surface area contributed by atoms with Crippen molar-refractivity contribution in [3.05, 3.63) is 92.9 Å². The van der Waals surface area contributed by atoms with Crippen LogP contribution in [0.1, 0.15) is 43.7 Å². The van der Waals surface area contributed by atoms with E-state index in [1.165, 1.54) is 17.0 Å². The number of halogens is 3. The number of carbonyl (C=O) groups excluding carboxylic acids is 2. The minimum absolute atomic E-state index is 0.0138. The van der Waals surface area contributed by atoms with Gasteiger partial charge in [0, 0.05) is 33.2 Å². The number of hydrogen-bond acceptors (Lipinski definition) is 4. The van der Waals surface area contributed by atoms with Crippen molar-refractivity contribution in [2.24, 2.45) is 0 Å². The molecule has 1 N–H and O–H groups in total. The van der Waals surface area contributed by atoms with Gasteiger partial charge in [0.2, 0.25) is 11.8 Å². The number of hydrogen-bond donors (Lipinski definition) is 1. The van der Waals surface area contributed by atoms with Gasteiger partial charge in [-0.2, -0.15) is 0 Å². The third-order valence-electron chi connectivity index (χ3n) is 7.38. The summed E-state index contributed by atoms with van der Waals surface area (Å²) in [6.07, 6.45) is 3.81. The summed E-state index contributed by atoms with van der Waals surface area (Å²) >= 11 is 19.3. The Bertz CT molecular complexity index is 1490. The van der Waals surface area contributed by atoms with Crippen molar-refractivity contribution in [1.29, 1.82) is 0 Å². The van der Waals surface area contributed by atoms with Crippen LogP contribution < -0.4 is 9.62 Å². The van der Waals surface area contributed by atoms with Crippen LogP contribution in [0.4, 0.5) is 5.69 Å². The summed E-state index contributed by atoms with van der Waals surface area (Å²) in [5.41, 5.74) is 1.21. The lowest BCUT2D eigenvalue weighted by Gasteiger charge is -2.33. The predicted molar refractivity (Wildman–Crippen MR) is 164 cm³/mol. The number of carbonyl (C=O) groups is 2. The molecule has 1 aliphatic carbocycles. The van der Waals surface area contributed by atoms with Crippen LogP contribution in [0, 0.1) is 6.92 Å². The smallest absolute Gasteiger partial charge is 0.264 e. The summed E-state index contributed by atoms with van der Waals surface area (Å²) in [7, 11) is -4.20. The first-order valence-electron chi connectivity index (χ1n) is 13.4. The maximum atomic E-state index is 14.1. The third-order valence-corrected chi connectivity index (χ3v) is 10.3. The van der Waals surface area contributed by atoms with Crippen LogP contribution in [-0.4, -0.2) is 43.8 Å². The quantitative estimate of drug-likeness (QED) is 0.271. The molecule has 3 aromatic rings. The molecule has 3 aromatic carbocycles. The molecule has 2 amide bonds. The number of benzene rings is 3. The molecule has 0 aromatic heterocycles. The Kier molecular flexibility index (Phi) is 10.2. The second-order valence-electron chi connectivity index (χ2n) is 10.1. The van der Waals surface area contributed by atoms with Gasteiger partial charge in [0.1, 0.15) is 12.6 Å². The maximum absolute atomic E-state index is 14.1. The van der Waals surface area contributed by atoms with Gasteiger partial charge in [-0.05, 0) is 68.7 Å². The molecule has 218 valence electrons. The van der Waals surface area contributed by atoms with Crippen molar-refractivity contribution in [3.63, 3.8) is 0 Å². The number of anilines is 1. The first-order chi connectivity index (χ1) is 19.5. The molecule has 1 atom stereocenters. The van der Waals surface area contributed by atoms with Gasteiger partial charge in [-0.25, -0.2) is 8.42 Å². The Morgan fingerprint density at radius 3 is 2.12 bits per heavy atom. The van der Waals surface area contributed by atoms with Crippen molar-refractivity contribution in [2.45, 2.75) is 63.1 Å². The highest BCUT2D eigenvalue weighted by Gasteiger charge is 2.34. The standard InChI is InChI=1S/C30H32Cl3N3O4S/c1-20-25(31)14-9-17-28(20)36(41(39,40)23-12-4-3-5-13-23)19-29(37)35(18-24-26(32)15-8-16-27(24)33)21(2)30(38)34-22-10-6-7-11-22/h3-5,8-9,12-17,21-22H,6-7,10-11,18-19H2,1-2H3,(H,34,38)/t21-/m0/s1. The van der Waals surface area contributed by atoms with E-state index in [1.54, 1.807) is 68.4 Å². The van der Waals surface area contributed by atoms with Crippen LogP contribution >= 0.6 is 34.8 Å². The van der Waals surface area contributed by atoms with Crippen LogP contribution in [0.25, 0.3) is 0 Å². The fourth-order valence-corrected chi connectivity index (χ4v) is 7.11. The monoisotopic (exact) mass is 635 g/mol. The number of nitrogens with zero attached hydrogens (tertiary/aromatic N) is 2. The second kappa shape index (κ2) is 13.5. The van der Waals surface area contributed by atoms with Crippen molar-refractivity contribution >= 4 is 62.3 Å². The van der Waals surface area contributed by atoms with Crippen molar-refractivity contribution < 1.29 is 18.0 Å². The Morgan fingerprint density at radius 1 is 0.902 bits per heavy atom. The second-order valence-corrected chi connectivity index (χ2v) is 13.2. The molecule has 1 aliphatic rings. The Morgan fingerprint density at radius 2 is 1.49 bits per heavy atom. The lowest BCUT2D eigenvalue weighted by atomic mass is 10.1. The van der Waals surface area contributed by atoms with Crippen LogP contribution in [0.2, 0.25) is 15.1 Å². The zero-order valence-corrected chi connectivity index (χ0v) is 25.9. The average Bonchev–Trinajstić information content (AvgIpc) is 3.46. The maximum Gasteiger partial charge on any atom is 0.264 e. The molecule has 41 heavy (non-hydrogen) atoms. The van der Waals surface area contributed by atoms with E-state index in [2.05, 4.69) is 5.32 Å². The van der Waals surface area contributed by atoms with E-state index in [0.717, 1.165) is 30.0 Å². The molecule has 4 rings (SSSR count). The lowest BCUT2D eigenvalue weighted by molar-refractivity contribution is -0.139.